The molecule has 48 valence electrons. The number of hydrogen-bond acceptors (Lipinski definition) is 4. The van der Waals surface area contributed by atoms with Crippen molar-refractivity contribution in [2.24, 2.45) is 0 Å². The van der Waals surface area contributed by atoms with E-state index in [1.165, 1.54) is 0 Å². The Morgan fingerprint density at radius 3 is 2.89 bits per heavy atom. The van der Waals surface area contributed by atoms with E-state index in [4.69, 9.17) is 5.21 Å². The maximum absolute atomic E-state index is 8.31. The maximum atomic E-state index is 8.31. The molecule has 0 aliphatic rings. The van der Waals surface area contributed by atoms with E-state index in [-0.39, 0.29) is 0 Å². The summed E-state index contributed by atoms with van der Waals surface area (Å²) in [6, 6.07) is 1.69. The van der Waals surface area contributed by atoms with Crippen LogP contribution in [0.15, 0.2) is 12.3 Å². The van der Waals surface area contributed by atoms with Crippen molar-refractivity contribution in [3.63, 3.8) is 0 Å². The lowest BCUT2D eigenvalue weighted by atomic mass is 10.3. The SMILES string of the molecule is Cc1cnnc(NO)c1. The number of hydrogen-bond donors (Lipinski definition) is 2. The first kappa shape index (κ1) is 5.97. The molecule has 0 radical (unpaired) electrons. The third-order valence-corrected chi connectivity index (χ3v) is 0.906. The van der Waals surface area contributed by atoms with Gasteiger partial charge < -0.3 is 0 Å². The van der Waals surface area contributed by atoms with Gasteiger partial charge in [0, 0.05) is 0 Å². The number of anilines is 1. The number of nitrogens with zero attached hydrogens (tertiary/aromatic N) is 2. The second-order valence-corrected chi connectivity index (χ2v) is 1.73. The molecule has 0 atom stereocenters. The Morgan fingerprint density at radius 1 is 1.67 bits per heavy atom. The van der Waals surface area contributed by atoms with E-state index in [1.54, 1.807) is 12.3 Å². The smallest absolute Gasteiger partial charge is 0.172 e. The molecule has 0 saturated carbocycles. The van der Waals surface area contributed by atoms with Crippen LogP contribution in [0.3, 0.4) is 0 Å². The molecule has 2 N–H and O–H groups in total. The van der Waals surface area contributed by atoms with Crippen LogP contribution in [0.1, 0.15) is 5.56 Å². The molecule has 1 rings (SSSR count). The number of aryl methyl sites for hydroxylation is 1. The minimum absolute atomic E-state index is 0.370. The predicted molar refractivity (Wildman–Crippen MR) is 32.2 cm³/mol. The van der Waals surface area contributed by atoms with Crippen LogP contribution in [0.25, 0.3) is 0 Å². The van der Waals surface area contributed by atoms with E-state index in [0.29, 0.717) is 5.82 Å². The molecule has 4 nitrogen and oxygen atoms in total. The van der Waals surface area contributed by atoms with Gasteiger partial charge in [0.2, 0.25) is 0 Å². The van der Waals surface area contributed by atoms with E-state index in [1.807, 2.05) is 12.4 Å². The van der Waals surface area contributed by atoms with Crippen molar-refractivity contribution in [1.82, 2.24) is 10.2 Å². The molecule has 0 bridgehead atoms. The van der Waals surface area contributed by atoms with Gasteiger partial charge in [-0.2, -0.15) is 5.10 Å². The van der Waals surface area contributed by atoms with Crippen molar-refractivity contribution in [3.05, 3.63) is 17.8 Å². The van der Waals surface area contributed by atoms with Gasteiger partial charge in [0.15, 0.2) is 5.82 Å². The molecule has 9 heavy (non-hydrogen) atoms. The zero-order valence-electron chi connectivity index (χ0n) is 5.00. The summed E-state index contributed by atoms with van der Waals surface area (Å²) in [6.45, 7) is 1.87. The van der Waals surface area contributed by atoms with Crippen LogP contribution in [0, 0.1) is 6.92 Å². The van der Waals surface area contributed by atoms with Gasteiger partial charge in [-0.25, -0.2) is 0 Å². The summed E-state index contributed by atoms with van der Waals surface area (Å²) in [4.78, 5) is 0. The van der Waals surface area contributed by atoms with E-state index >= 15 is 0 Å². The van der Waals surface area contributed by atoms with Crippen molar-refractivity contribution < 1.29 is 5.21 Å². The van der Waals surface area contributed by atoms with E-state index in [9.17, 15) is 0 Å². The Kier molecular flexibility index (Phi) is 1.60. The summed E-state index contributed by atoms with van der Waals surface area (Å²) in [7, 11) is 0. The lowest BCUT2D eigenvalue weighted by Crippen LogP contribution is -1.94. The Hall–Kier alpha value is -1.16. The predicted octanol–water partition coefficient (Wildman–Crippen LogP) is 0.586. The summed E-state index contributed by atoms with van der Waals surface area (Å²) in [5.74, 6) is 0.370. The third-order valence-electron chi connectivity index (χ3n) is 0.906. The van der Waals surface area contributed by atoms with E-state index in [0.717, 1.165) is 5.56 Å². The summed E-state index contributed by atoms with van der Waals surface area (Å²) >= 11 is 0. The van der Waals surface area contributed by atoms with Crippen LogP contribution < -0.4 is 5.48 Å². The molecule has 4 heteroatoms. The quantitative estimate of drug-likeness (QED) is 0.539. The fraction of sp³-hybridized carbons (Fsp3) is 0.200. The van der Waals surface area contributed by atoms with Crippen molar-refractivity contribution >= 4 is 5.82 Å². The van der Waals surface area contributed by atoms with E-state index in [2.05, 4.69) is 10.2 Å². The maximum Gasteiger partial charge on any atom is 0.172 e. The van der Waals surface area contributed by atoms with Gasteiger partial charge in [0.25, 0.3) is 0 Å². The molecule has 0 saturated heterocycles. The molecule has 0 amide bonds. The Balaban J connectivity index is 2.94. The van der Waals surface area contributed by atoms with Crippen LogP contribution in [0.5, 0.6) is 0 Å². The fourth-order valence-corrected chi connectivity index (χ4v) is 0.519. The first-order chi connectivity index (χ1) is 4.33. The van der Waals surface area contributed by atoms with Crippen molar-refractivity contribution in [1.29, 1.82) is 0 Å². The van der Waals surface area contributed by atoms with Gasteiger partial charge in [0.05, 0.1) is 6.20 Å². The molecular formula is C5H7N3O. The summed E-state index contributed by atoms with van der Waals surface area (Å²) in [6.07, 6.45) is 1.61. The average molecular weight is 125 g/mol. The molecule has 1 aromatic heterocycles. The van der Waals surface area contributed by atoms with Crippen LogP contribution in [0.4, 0.5) is 5.82 Å². The molecule has 0 fully saturated rings. The van der Waals surface area contributed by atoms with Crippen molar-refractivity contribution in [3.8, 4) is 0 Å². The number of rotatable bonds is 1. The number of aromatic nitrogens is 2. The highest BCUT2D eigenvalue weighted by Crippen LogP contribution is 2.00. The average Bonchev–Trinajstić information content (AvgIpc) is 1.88. The molecule has 0 spiro atoms. The van der Waals surface area contributed by atoms with Gasteiger partial charge in [-0.1, -0.05) is 0 Å². The van der Waals surface area contributed by atoms with Crippen molar-refractivity contribution in [2.45, 2.75) is 6.92 Å². The molecule has 0 aliphatic carbocycles. The minimum Gasteiger partial charge on any atom is -0.290 e. The first-order valence-corrected chi connectivity index (χ1v) is 2.52. The highest BCUT2D eigenvalue weighted by Gasteiger charge is 1.89. The molecule has 1 aromatic rings. The normalized spacial score (nSPS) is 9.11. The molecule has 0 aromatic carbocycles. The lowest BCUT2D eigenvalue weighted by Gasteiger charge is -1.94. The van der Waals surface area contributed by atoms with Gasteiger partial charge in [0.1, 0.15) is 0 Å². The molecule has 0 aliphatic heterocycles. The standard InChI is InChI=1S/C5H7N3O/c1-4-2-5(8-9)7-6-3-4/h2-3,9H,1H3,(H,7,8). The first-order valence-electron chi connectivity index (χ1n) is 2.52. The van der Waals surface area contributed by atoms with Crippen LogP contribution in [-0.2, 0) is 0 Å². The highest BCUT2D eigenvalue weighted by molar-refractivity contribution is 5.31. The van der Waals surface area contributed by atoms with Gasteiger partial charge in [-0.3, -0.25) is 10.7 Å². The summed E-state index contributed by atoms with van der Waals surface area (Å²) < 4.78 is 0. The lowest BCUT2D eigenvalue weighted by molar-refractivity contribution is 0.385. The third kappa shape index (κ3) is 1.36. The monoisotopic (exact) mass is 125 g/mol. The summed E-state index contributed by atoms with van der Waals surface area (Å²) in [5.41, 5.74) is 2.85. The second-order valence-electron chi connectivity index (χ2n) is 1.73. The van der Waals surface area contributed by atoms with Gasteiger partial charge in [-0.05, 0) is 18.6 Å². The zero-order valence-corrected chi connectivity index (χ0v) is 5.00. The largest absolute Gasteiger partial charge is 0.290 e. The zero-order chi connectivity index (χ0) is 6.69. The van der Waals surface area contributed by atoms with Crippen LogP contribution in [0.2, 0.25) is 0 Å². The minimum atomic E-state index is 0.370. The van der Waals surface area contributed by atoms with Crippen LogP contribution in [-0.4, -0.2) is 15.4 Å². The molecule has 0 unspecified atom stereocenters. The molecule has 1 heterocycles. The van der Waals surface area contributed by atoms with Crippen LogP contribution >= 0.6 is 0 Å². The number of nitrogens with one attached hydrogen (secondary N) is 1. The van der Waals surface area contributed by atoms with Crippen molar-refractivity contribution in [2.75, 3.05) is 5.48 Å². The fourth-order valence-electron chi connectivity index (χ4n) is 0.519. The second kappa shape index (κ2) is 2.41. The molecular weight excluding hydrogens is 118 g/mol. The Bertz CT molecular complexity index is 201. The summed E-state index contributed by atoms with van der Waals surface area (Å²) in [5, 5.41) is 15.4. The van der Waals surface area contributed by atoms with Gasteiger partial charge in [-0.15, -0.1) is 5.10 Å². The topological polar surface area (TPSA) is 58.0 Å². The van der Waals surface area contributed by atoms with Gasteiger partial charge >= 0.3 is 0 Å². The highest BCUT2D eigenvalue weighted by atomic mass is 16.5. The van der Waals surface area contributed by atoms with E-state index < -0.39 is 0 Å². The Labute approximate surface area is 52.5 Å². The Morgan fingerprint density at radius 2 is 2.44 bits per heavy atom.